The summed E-state index contributed by atoms with van der Waals surface area (Å²) >= 11 is 0. The third-order valence-corrected chi connectivity index (χ3v) is 6.05. The van der Waals surface area contributed by atoms with Crippen LogP contribution in [0.2, 0.25) is 0 Å². The van der Waals surface area contributed by atoms with Gasteiger partial charge in [0.15, 0.2) is 0 Å². The SMILES string of the molecule is C/C=C\C=C(/C)CN1CCc2nc(C)n(C(c3ccccc3)c3ccccc3)c(=O)c2C1.CC. The first kappa shape index (κ1) is 25.4. The summed E-state index contributed by atoms with van der Waals surface area (Å²) in [5.41, 5.74) is 5.32. The topological polar surface area (TPSA) is 38.1 Å². The maximum absolute atomic E-state index is 13.9. The van der Waals surface area contributed by atoms with Crippen LogP contribution in [-0.2, 0) is 13.0 Å². The second-order valence-electron chi connectivity index (χ2n) is 8.48. The Labute approximate surface area is 204 Å². The van der Waals surface area contributed by atoms with Gasteiger partial charge in [-0.2, -0.15) is 0 Å². The van der Waals surface area contributed by atoms with Crippen LogP contribution in [0, 0.1) is 6.92 Å². The summed E-state index contributed by atoms with van der Waals surface area (Å²) in [5, 5.41) is 0. The number of rotatable bonds is 6. The number of nitrogens with zero attached hydrogens (tertiary/aromatic N) is 3. The quantitative estimate of drug-likeness (QED) is 0.422. The Morgan fingerprint density at radius 1 is 1.03 bits per heavy atom. The highest BCUT2D eigenvalue weighted by atomic mass is 16.1. The fraction of sp³-hybridized carbons (Fsp3) is 0.333. The van der Waals surface area contributed by atoms with Gasteiger partial charge >= 0.3 is 0 Å². The number of aryl methyl sites for hydroxylation is 1. The first-order valence-electron chi connectivity index (χ1n) is 12.3. The molecule has 0 aliphatic carbocycles. The molecule has 178 valence electrons. The Kier molecular flexibility index (Phi) is 9.17. The molecule has 1 aromatic heterocycles. The van der Waals surface area contributed by atoms with E-state index in [-0.39, 0.29) is 11.6 Å². The van der Waals surface area contributed by atoms with E-state index in [2.05, 4.69) is 48.2 Å². The standard InChI is InChI=1S/C28H31N3O.C2H6/c1-4-5-12-21(2)19-30-18-17-26-25(20-30)28(32)31(22(3)29-26)27(23-13-8-6-9-14-23)24-15-10-7-11-16-24;1-2/h4-16,27H,17-20H2,1-3H3;1-2H3/b5-4-,21-12+;. The Balaban J connectivity index is 0.00000158. The van der Waals surface area contributed by atoms with Crippen LogP contribution in [0.5, 0.6) is 0 Å². The van der Waals surface area contributed by atoms with Crippen LogP contribution < -0.4 is 5.56 Å². The fourth-order valence-corrected chi connectivity index (χ4v) is 4.53. The molecule has 34 heavy (non-hydrogen) atoms. The Hall–Kier alpha value is -3.24. The van der Waals surface area contributed by atoms with Crippen LogP contribution in [-0.4, -0.2) is 27.5 Å². The van der Waals surface area contributed by atoms with Crippen LogP contribution >= 0.6 is 0 Å². The summed E-state index contributed by atoms with van der Waals surface area (Å²) < 4.78 is 1.88. The molecule has 0 unspecified atom stereocenters. The maximum Gasteiger partial charge on any atom is 0.259 e. The van der Waals surface area contributed by atoms with Gasteiger partial charge in [-0.15, -0.1) is 0 Å². The predicted molar refractivity (Wildman–Crippen MR) is 142 cm³/mol. The van der Waals surface area contributed by atoms with Crippen LogP contribution in [0.1, 0.15) is 61.9 Å². The maximum atomic E-state index is 13.9. The number of hydrogen-bond donors (Lipinski definition) is 0. The van der Waals surface area contributed by atoms with Crippen molar-refractivity contribution in [1.82, 2.24) is 14.5 Å². The molecule has 0 spiro atoms. The number of allylic oxidation sites excluding steroid dienone is 3. The molecular weight excluding hydrogens is 418 g/mol. The van der Waals surface area contributed by atoms with Gasteiger partial charge in [0.1, 0.15) is 5.82 Å². The van der Waals surface area contributed by atoms with Crippen molar-refractivity contribution in [2.75, 3.05) is 13.1 Å². The van der Waals surface area contributed by atoms with E-state index in [1.165, 1.54) is 5.57 Å². The summed E-state index contributed by atoms with van der Waals surface area (Å²) in [6.07, 6.45) is 7.05. The minimum absolute atomic E-state index is 0.0741. The van der Waals surface area contributed by atoms with Gasteiger partial charge in [-0.25, -0.2) is 4.98 Å². The number of hydrogen-bond acceptors (Lipinski definition) is 3. The van der Waals surface area contributed by atoms with Crippen molar-refractivity contribution in [1.29, 1.82) is 0 Å². The molecule has 0 amide bonds. The van der Waals surface area contributed by atoms with Crippen molar-refractivity contribution in [3.8, 4) is 0 Å². The van der Waals surface area contributed by atoms with E-state index in [0.717, 1.165) is 47.7 Å². The first-order valence-corrected chi connectivity index (χ1v) is 12.3. The normalized spacial score (nSPS) is 14.1. The Bertz CT molecular complexity index is 1140. The van der Waals surface area contributed by atoms with Gasteiger partial charge < -0.3 is 0 Å². The molecule has 1 aliphatic rings. The van der Waals surface area contributed by atoms with Crippen LogP contribution in [0.15, 0.2) is 89.3 Å². The molecule has 1 aliphatic heterocycles. The Morgan fingerprint density at radius 2 is 1.62 bits per heavy atom. The fourth-order valence-electron chi connectivity index (χ4n) is 4.53. The largest absolute Gasteiger partial charge is 0.294 e. The van der Waals surface area contributed by atoms with Gasteiger partial charge in [0, 0.05) is 26.1 Å². The molecule has 0 radical (unpaired) electrons. The van der Waals surface area contributed by atoms with Crippen LogP contribution in [0.25, 0.3) is 0 Å². The van der Waals surface area contributed by atoms with Crippen molar-refractivity contribution in [2.45, 2.75) is 53.6 Å². The average Bonchev–Trinajstić information content (AvgIpc) is 2.88. The van der Waals surface area contributed by atoms with E-state index >= 15 is 0 Å². The third-order valence-electron chi connectivity index (χ3n) is 6.05. The lowest BCUT2D eigenvalue weighted by Crippen LogP contribution is -2.40. The van der Waals surface area contributed by atoms with Crippen molar-refractivity contribution in [3.63, 3.8) is 0 Å². The number of aromatic nitrogens is 2. The van der Waals surface area contributed by atoms with Crippen molar-refractivity contribution in [2.24, 2.45) is 0 Å². The highest BCUT2D eigenvalue weighted by Crippen LogP contribution is 2.27. The van der Waals surface area contributed by atoms with Gasteiger partial charge in [-0.1, -0.05) is 98.3 Å². The zero-order chi connectivity index (χ0) is 24.5. The third kappa shape index (κ3) is 5.81. The van der Waals surface area contributed by atoms with E-state index in [9.17, 15) is 4.79 Å². The molecule has 0 saturated heterocycles. The van der Waals surface area contributed by atoms with Gasteiger partial charge in [0.25, 0.3) is 5.56 Å². The van der Waals surface area contributed by atoms with Crippen LogP contribution in [0.3, 0.4) is 0 Å². The molecule has 2 aromatic carbocycles. The molecule has 0 saturated carbocycles. The van der Waals surface area contributed by atoms with E-state index in [1.807, 2.05) is 74.7 Å². The molecular formula is C30H37N3O. The molecule has 2 heterocycles. The van der Waals surface area contributed by atoms with E-state index in [4.69, 9.17) is 4.98 Å². The first-order chi connectivity index (χ1) is 16.6. The highest BCUT2D eigenvalue weighted by molar-refractivity contribution is 5.35. The summed E-state index contributed by atoms with van der Waals surface area (Å²) in [4.78, 5) is 21.2. The second kappa shape index (κ2) is 12.3. The monoisotopic (exact) mass is 455 g/mol. The average molecular weight is 456 g/mol. The molecule has 4 rings (SSSR count). The smallest absolute Gasteiger partial charge is 0.259 e. The molecule has 0 bridgehead atoms. The predicted octanol–water partition coefficient (Wildman–Crippen LogP) is 6.10. The molecule has 3 aromatic rings. The summed E-state index contributed by atoms with van der Waals surface area (Å²) in [7, 11) is 0. The second-order valence-corrected chi connectivity index (χ2v) is 8.48. The van der Waals surface area contributed by atoms with Gasteiger partial charge in [0.05, 0.1) is 17.3 Å². The molecule has 0 fully saturated rings. The van der Waals surface area contributed by atoms with Crippen LogP contribution in [0.4, 0.5) is 0 Å². The minimum atomic E-state index is -0.200. The zero-order valence-corrected chi connectivity index (χ0v) is 21.2. The molecule has 0 atom stereocenters. The van der Waals surface area contributed by atoms with Gasteiger partial charge in [0.2, 0.25) is 0 Å². The van der Waals surface area contributed by atoms with E-state index in [0.29, 0.717) is 6.54 Å². The minimum Gasteiger partial charge on any atom is -0.294 e. The van der Waals surface area contributed by atoms with Crippen molar-refractivity contribution in [3.05, 3.63) is 123 Å². The lowest BCUT2D eigenvalue weighted by Gasteiger charge is -2.30. The number of benzene rings is 2. The lowest BCUT2D eigenvalue weighted by molar-refractivity contribution is 0.269. The van der Waals surface area contributed by atoms with Crippen molar-refractivity contribution < 1.29 is 0 Å². The van der Waals surface area contributed by atoms with Gasteiger partial charge in [-0.05, 0) is 31.9 Å². The number of fused-ring (bicyclic) bond motifs is 1. The summed E-state index contributed by atoms with van der Waals surface area (Å²) in [6, 6.07) is 20.3. The zero-order valence-electron chi connectivity index (χ0n) is 21.2. The molecule has 4 heteroatoms. The lowest BCUT2D eigenvalue weighted by atomic mass is 9.97. The molecule has 0 N–H and O–H groups in total. The Morgan fingerprint density at radius 3 is 2.18 bits per heavy atom. The van der Waals surface area contributed by atoms with Crippen molar-refractivity contribution >= 4 is 0 Å². The summed E-state index contributed by atoms with van der Waals surface area (Å²) in [6.45, 7) is 12.5. The van der Waals surface area contributed by atoms with E-state index in [1.54, 1.807) is 0 Å². The summed E-state index contributed by atoms with van der Waals surface area (Å²) in [5.74, 6) is 0.768. The highest BCUT2D eigenvalue weighted by Gasteiger charge is 2.26. The van der Waals surface area contributed by atoms with Gasteiger partial charge in [-0.3, -0.25) is 14.3 Å². The van der Waals surface area contributed by atoms with E-state index < -0.39 is 0 Å². The molecule has 4 nitrogen and oxygen atoms in total.